The molecule has 1 aromatic heterocycles. The summed E-state index contributed by atoms with van der Waals surface area (Å²) in [6, 6.07) is 26.4. The van der Waals surface area contributed by atoms with E-state index in [2.05, 4.69) is 0 Å². The van der Waals surface area contributed by atoms with Gasteiger partial charge in [0.05, 0.1) is 34.1 Å². The first kappa shape index (κ1) is 27.7. The molecule has 41 heavy (non-hydrogen) atoms. The molecule has 7 nitrogen and oxygen atoms in total. The Morgan fingerprint density at radius 3 is 1.90 bits per heavy atom. The summed E-state index contributed by atoms with van der Waals surface area (Å²) in [5, 5.41) is 13.3. The van der Waals surface area contributed by atoms with E-state index in [0.29, 0.717) is 27.1 Å². The van der Waals surface area contributed by atoms with Gasteiger partial charge in [0.2, 0.25) is 10.0 Å². The van der Waals surface area contributed by atoms with Crippen molar-refractivity contribution in [1.82, 2.24) is 8.28 Å². The summed E-state index contributed by atoms with van der Waals surface area (Å²) in [4.78, 5) is 0.0913. The van der Waals surface area contributed by atoms with E-state index in [1.807, 2.05) is 13.8 Å². The van der Waals surface area contributed by atoms with E-state index in [1.54, 1.807) is 72.8 Å². The molecule has 0 aliphatic carbocycles. The molecule has 0 saturated carbocycles. The number of rotatable bonds is 5. The third-order valence-corrected chi connectivity index (χ3v) is 11.4. The predicted molar refractivity (Wildman–Crippen MR) is 159 cm³/mol. The van der Waals surface area contributed by atoms with Gasteiger partial charge in [0.15, 0.2) is 0 Å². The second kappa shape index (κ2) is 9.82. The van der Waals surface area contributed by atoms with E-state index < -0.39 is 25.6 Å². The molecule has 1 N–H and O–H groups in total. The largest absolute Gasteiger partial charge is 0.379 e. The van der Waals surface area contributed by atoms with Gasteiger partial charge in [-0.3, -0.25) is 0 Å². The van der Waals surface area contributed by atoms with E-state index in [0.717, 1.165) is 19.4 Å². The predicted octanol–water partition coefficient (Wildman–Crippen LogP) is 5.59. The van der Waals surface area contributed by atoms with Gasteiger partial charge in [0.1, 0.15) is 5.60 Å². The van der Waals surface area contributed by atoms with Gasteiger partial charge in [0, 0.05) is 16.0 Å². The molecule has 10 heteroatoms. The maximum absolute atomic E-state index is 14.3. The summed E-state index contributed by atoms with van der Waals surface area (Å²) in [5.74, 6) is 0. The van der Waals surface area contributed by atoms with Crippen LogP contribution in [0.1, 0.15) is 27.9 Å². The molecule has 1 aliphatic rings. The summed E-state index contributed by atoms with van der Waals surface area (Å²) in [6.07, 6.45) is 0. The van der Waals surface area contributed by atoms with Crippen LogP contribution in [0.4, 0.5) is 0 Å². The molecule has 0 amide bonds. The molecule has 210 valence electrons. The van der Waals surface area contributed by atoms with Crippen LogP contribution in [0, 0.1) is 13.8 Å². The number of β-amino-alcohol motifs (C(OH)–C–C–N with tert-alkyl or cyclic N) is 1. The lowest BCUT2D eigenvalue weighted by atomic mass is 9.82. The van der Waals surface area contributed by atoms with Gasteiger partial charge in [-0.1, -0.05) is 77.3 Å². The van der Waals surface area contributed by atoms with Crippen molar-refractivity contribution in [2.24, 2.45) is 0 Å². The molecule has 1 aliphatic heterocycles. The second-order valence-corrected chi connectivity index (χ2v) is 14.5. The van der Waals surface area contributed by atoms with Crippen molar-refractivity contribution >= 4 is 42.6 Å². The van der Waals surface area contributed by atoms with Gasteiger partial charge >= 0.3 is 0 Å². The van der Waals surface area contributed by atoms with Gasteiger partial charge in [0.25, 0.3) is 10.0 Å². The molecular weight excluding hydrogens is 580 g/mol. The quantitative estimate of drug-likeness (QED) is 0.281. The summed E-state index contributed by atoms with van der Waals surface area (Å²) in [6.45, 7) is 3.12. The number of aliphatic hydroxyl groups is 1. The minimum Gasteiger partial charge on any atom is -0.379 e. The lowest BCUT2D eigenvalue weighted by Crippen LogP contribution is -2.49. The number of fused-ring (bicyclic) bond motifs is 3. The van der Waals surface area contributed by atoms with Crippen LogP contribution in [-0.4, -0.2) is 36.8 Å². The Morgan fingerprint density at radius 2 is 1.32 bits per heavy atom. The van der Waals surface area contributed by atoms with Crippen LogP contribution < -0.4 is 0 Å². The van der Waals surface area contributed by atoms with Gasteiger partial charge < -0.3 is 5.11 Å². The van der Waals surface area contributed by atoms with E-state index in [-0.39, 0.29) is 28.6 Å². The highest BCUT2D eigenvalue weighted by Gasteiger charge is 2.48. The van der Waals surface area contributed by atoms with Crippen LogP contribution >= 0.6 is 11.6 Å². The van der Waals surface area contributed by atoms with Crippen LogP contribution in [0.25, 0.3) is 10.9 Å². The Bertz CT molecular complexity index is 2010. The molecule has 2 heterocycles. The summed E-state index contributed by atoms with van der Waals surface area (Å²) in [5.41, 5.74) is 1.09. The van der Waals surface area contributed by atoms with Gasteiger partial charge in [-0.15, -0.1) is 0 Å². The minimum absolute atomic E-state index is 0.0412. The van der Waals surface area contributed by atoms with Crippen LogP contribution in [-0.2, 0) is 32.2 Å². The van der Waals surface area contributed by atoms with Crippen LogP contribution in [0.3, 0.4) is 0 Å². The van der Waals surface area contributed by atoms with Crippen LogP contribution in [0.2, 0.25) is 5.02 Å². The van der Waals surface area contributed by atoms with E-state index >= 15 is 0 Å². The first-order valence-corrected chi connectivity index (χ1v) is 16.2. The van der Waals surface area contributed by atoms with Crippen molar-refractivity contribution in [1.29, 1.82) is 0 Å². The van der Waals surface area contributed by atoms with E-state index in [9.17, 15) is 21.9 Å². The smallest absolute Gasteiger partial charge is 0.268 e. The summed E-state index contributed by atoms with van der Waals surface area (Å²) in [7, 11) is -8.36. The second-order valence-electron chi connectivity index (χ2n) is 10.4. The van der Waals surface area contributed by atoms with Crippen molar-refractivity contribution in [2.45, 2.75) is 35.8 Å². The van der Waals surface area contributed by atoms with Crippen molar-refractivity contribution < 1.29 is 21.9 Å². The molecule has 0 radical (unpaired) electrons. The van der Waals surface area contributed by atoms with Gasteiger partial charge in [-0.05, 0) is 61.9 Å². The molecule has 4 aromatic carbocycles. The van der Waals surface area contributed by atoms with E-state index in [1.165, 1.54) is 24.3 Å². The molecular formula is C31H27ClN2O5S2. The molecule has 0 fully saturated rings. The van der Waals surface area contributed by atoms with Crippen molar-refractivity contribution in [3.8, 4) is 0 Å². The molecule has 0 saturated heterocycles. The number of benzene rings is 4. The Hall–Kier alpha value is -3.47. The van der Waals surface area contributed by atoms with Gasteiger partial charge in [-0.2, -0.15) is 4.31 Å². The third kappa shape index (κ3) is 4.49. The maximum atomic E-state index is 14.3. The average molecular weight is 607 g/mol. The molecule has 5 aromatic rings. The number of nitrogens with zero attached hydrogens (tertiary/aromatic N) is 2. The van der Waals surface area contributed by atoms with Gasteiger partial charge in [-0.25, -0.2) is 20.8 Å². The zero-order valence-corrected chi connectivity index (χ0v) is 24.7. The molecule has 0 bridgehead atoms. The highest BCUT2D eigenvalue weighted by molar-refractivity contribution is 7.90. The van der Waals surface area contributed by atoms with Crippen molar-refractivity contribution in [3.05, 3.63) is 130 Å². The first-order valence-electron chi connectivity index (χ1n) is 12.9. The topological polar surface area (TPSA) is 96.7 Å². The number of aromatic nitrogens is 1. The fourth-order valence-corrected chi connectivity index (χ4v) is 8.67. The van der Waals surface area contributed by atoms with E-state index in [4.69, 9.17) is 11.6 Å². The Labute approximate surface area is 244 Å². The number of halogens is 1. The summed E-state index contributed by atoms with van der Waals surface area (Å²) >= 11 is 6.41. The first-order chi connectivity index (χ1) is 19.4. The highest BCUT2D eigenvalue weighted by Crippen LogP contribution is 2.46. The lowest BCUT2D eigenvalue weighted by molar-refractivity contribution is 0.0465. The maximum Gasteiger partial charge on any atom is 0.268 e. The standard InChI is InChI=1S/C31H27ClN2O5S2/c1-21-8-13-25(14-9-21)40(36,37)33-19-29-30(31(35,20-33)23-6-4-3-5-7-23)27-18-24(32)12-17-28(27)34(29)41(38,39)26-15-10-22(2)11-16-26/h3-18,35H,19-20H2,1-2H3/t31-/m1/s1. The Morgan fingerprint density at radius 1 is 0.756 bits per heavy atom. The third-order valence-electron chi connectivity index (χ3n) is 7.59. The normalized spacial score (nSPS) is 18.0. The van der Waals surface area contributed by atoms with Crippen molar-refractivity contribution in [3.63, 3.8) is 0 Å². The number of sulfonamides is 1. The Balaban J connectivity index is 1.68. The highest BCUT2D eigenvalue weighted by atomic mass is 35.5. The van der Waals surface area contributed by atoms with Crippen LogP contribution in [0.15, 0.2) is 107 Å². The molecule has 1 atom stereocenters. The zero-order valence-electron chi connectivity index (χ0n) is 22.3. The number of hydrogen-bond acceptors (Lipinski definition) is 5. The van der Waals surface area contributed by atoms with Crippen molar-refractivity contribution in [2.75, 3.05) is 6.54 Å². The molecule has 0 spiro atoms. The fourth-order valence-electron chi connectivity index (χ4n) is 5.52. The number of hydrogen-bond donors (Lipinski definition) is 1. The zero-order chi connectivity index (χ0) is 29.2. The molecule has 0 unspecified atom stereocenters. The minimum atomic E-state index is -4.22. The van der Waals surface area contributed by atoms with Crippen LogP contribution in [0.5, 0.6) is 0 Å². The fraction of sp³-hybridized carbons (Fsp3) is 0.161. The molecule has 6 rings (SSSR count). The monoisotopic (exact) mass is 606 g/mol. The number of aryl methyl sites for hydroxylation is 2. The Kier molecular flexibility index (Phi) is 6.63. The summed E-state index contributed by atoms with van der Waals surface area (Å²) < 4.78 is 58.8. The lowest BCUT2D eigenvalue weighted by Gasteiger charge is -2.39. The SMILES string of the molecule is Cc1ccc(S(=O)(=O)N2Cc3c(c4cc(Cl)ccc4n3S(=O)(=O)c3ccc(C)cc3)[C@](O)(c3ccccc3)C2)cc1. The average Bonchev–Trinajstić information content (AvgIpc) is 3.29.